The Labute approximate surface area is 65.0 Å². The molecule has 0 spiro atoms. The van der Waals surface area contributed by atoms with Crippen LogP contribution in [-0.4, -0.2) is 0 Å². The monoisotopic (exact) mass is 150 g/mol. The summed E-state index contributed by atoms with van der Waals surface area (Å²) in [5.41, 5.74) is 0. The Morgan fingerprint density at radius 2 is 1.43 bits per heavy atom. The van der Waals surface area contributed by atoms with E-state index in [-0.39, 0.29) is 34.1 Å². The van der Waals surface area contributed by atoms with Gasteiger partial charge in [0.2, 0.25) is 0 Å². The van der Waals surface area contributed by atoms with Crippen LogP contribution in [0.25, 0.3) is 0 Å². The van der Waals surface area contributed by atoms with Gasteiger partial charge < -0.3 is 0 Å². The van der Waals surface area contributed by atoms with Crippen LogP contribution in [0.1, 0.15) is 6.42 Å². The molecule has 2 heteroatoms. The van der Waals surface area contributed by atoms with E-state index in [1.807, 2.05) is 0 Å². The van der Waals surface area contributed by atoms with Crippen molar-refractivity contribution in [2.75, 3.05) is 0 Å². The summed E-state index contributed by atoms with van der Waals surface area (Å²) in [6.07, 6.45) is 9.50. The topological polar surface area (TPSA) is 0 Å². The second-order valence-corrected chi connectivity index (χ2v) is 1.09. The fourth-order valence-electron chi connectivity index (χ4n) is 0.393. The van der Waals surface area contributed by atoms with E-state index in [4.69, 9.17) is 0 Å². The summed E-state index contributed by atoms with van der Waals surface area (Å²) in [6, 6.07) is 0. The summed E-state index contributed by atoms with van der Waals surface area (Å²) in [6.45, 7) is 0. The number of allylic oxidation sites excluding steroid dienone is 4. The Balaban J connectivity index is 0. The molecule has 0 saturated heterocycles. The minimum atomic E-state index is 0. The van der Waals surface area contributed by atoms with Crippen molar-refractivity contribution in [2.24, 2.45) is 0 Å². The van der Waals surface area contributed by atoms with E-state index in [1.165, 1.54) is 0 Å². The van der Waals surface area contributed by atoms with Crippen molar-refractivity contribution in [2.45, 2.75) is 6.42 Å². The summed E-state index contributed by atoms with van der Waals surface area (Å²) in [4.78, 5) is 0. The van der Waals surface area contributed by atoms with E-state index in [0.717, 1.165) is 6.42 Å². The van der Waals surface area contributed by atoms with E-state index in [2.05, 4.69) is 24.3 Å². The van der Waals surface area contributed by atoms with Crippen molar-refractivity contribution in [3.8, 4) is 0 Å². The first-order chi connectivity index (χ1) is 2.50. The maximum absolute atomic E-state index is 2.12. The molecule has 7 heavy (non-hydrogen) atoms. The first-order valence-electron chi connectivity index (χ1n) is 1.82. The molecule has 1 rings (SSSR count). The normalized spacial score (nSPS) is 12.6. The van der Waals surface area contributed by atoms with Gasteiger partial charge in [-0.05, 0) is 6.42 Å². The summed E-state index contributed by atoms with van der Waals surface area (Å²) < 4.78 is 0. The Kier molecular flexibility index (Phi) is 9.69. The first-order valence-corrected chi connectivity index (χ1v) is 1.82. The van der Waals surface area contributed by atoms with Gasteiger partial charge in [-0.25, -0.2) is 0 Å². The minimum Gasteiger partial charge on any atom is -0.147 e. The predicted octanol–water partition coefficient (Wildman–Crippen LogP) is 1.92. The number of hydrogen-bond donors (Lipinski definition) is 0. The van der Waals surface area contributed by atoms with E-state index in [1.54, 1.807) is 0 Å². The van der Waals surface area contributed by atoms with E-state index >= 15 is 0 Å². The molecule has 0 aromatic carbocycles. The molecule has 0 aliphatic heterocycles. The van der Waals surface area contributed by atoms with Crippen molar-refractivity contribution >= 4 is 12.4 Å². The number of rotatable bonds is 0. The molecular weight excluding hydrogens is 143 g/mol. The van der Waals surface area contributed by atoms with Crippen molar-refractivity contribution in [1.29, 1.82) is 0 Å². The molecule has 0 heterocycles. The summed E-state index contributed by atoms with van der Waals surface area (Å²) >= 11 is 0. The molecule has 1 aliphatic carbocycles. The van der Waals surface area contributed by atoms with Crippen LogP contribution >= 0.6 is 12.4 Å². The fraction of sp³-hybridized carbons (Fsp3) is 0.200. The molecule has 0 N–H and O–H groups in total. The van der Waals surface area contributed by atoms with Crippen LogP contribution < -0.4 is 0 Å². The molecular formula is C5H7ClTi. The maximum atomic E-state index is 2.12. The van der Waals surface area contributed by atoms with E-state index in [0.29, 0.717) is 0 Å². The van der Waals surface area contributed by atoms with Crippen molar-refractivity contribution in [1.82, 2.24) is 0 Å². The van der Waals surface area contributed by atoms with Gasteiger partial charge in [-0.1, -0.05) is 24.3 Å². The fourth-order valence-corrected chi connectivity index (χ4v) is 0.393. The molecule has 0 bridgehead atoms. The zero-order chi connectivity index (χ0) is 3.54. The maximum Gasteiger partial charge on any atom is 0 e. The van der Waals surface area contributed by atoms with Gasteiger partial charge in [0.1, 0.15) is 0 Å². The summed E-state index contributed by atoms with van der Waals surface area (Å²) in [7, 11) is 0. The Morgan fingerprint density at radius 1 is 1.00 bits per heavy atom. The molecule has 0 aromatic heterocycles. The van der Waals surface area contributed by atoms with Crippen LogP contribution in [0.5, 0.6) is 0 Å². The van der Waals surface area contributed by atoms with Crippen LogP contribution in [0.2, 0.25) is 0 Å². The molecule has 0 unspecified atom stereocenters. The van der Waals surface area contributed by atoms with Crippen LogP contribution in [0, 0.1) is 0 Å². The molecule has 38 valence electrons. The third-order valence-electron chi connectivity index (χ3n) is 0.655. The molecule has 0 fully saturated rings. The van der Waals surface area contributed by atoms with Gasteiger partial charge in [-0.2, -0.15) is 0 Å². The Bertz CT molecular complexity index is 66.1. The van der Waals surface area contributed by atoms with Crippen molar-refractivity contribution in [3.05, 3.63) is 24.3 Å². The van der Waals surface area contributed by atoms with E-state index < -0.39 is 0 Å². The Hall–Kier alpha value is 0.484. The molecule has 0 atom stereocenters. The summed E-state index contributed by atoms with van der Waals surface area (Å²) in [5.74, 6) is 0. The predicted molar refractivity (Wildman–Crippen MR) is 30.1 cm³/mol. The molecule has 0 aromatic rings. The van der Waals surface area contributed by atoms with Gasteiger partial charge >= 0.3 is 0 Å². The molecule has 1 aliphatic rings. The molecule has 0 amide bonds. The minimum absolute atomic E-state index is 0. The largest absolute Gasteiger partial charge is 0.147 e. The molecule has 0 nitrogen and oxygen atoms in total. The van der Waals surface area contributed by atoms with Gasteiger partial charge in [-0.15, -0.1) is 12.4 Å². The van der Waals surface area contributed by atoms with Crippen LogP contribution in [0.15, 0.2) is 24.3 Å². The number of halogens is 1. The summed E-state index contributed by atoms with van der Waals surface area (Å²) in [5, 5.41) is 0. The quantitative estimate of drug-likeness (QED) is 0.463. The van der Waals surface area contributed by atoms with Gasteiger partial charge in [-0.3, -0.25) is 0 Å². The van der Waals surface area contributed by atoms with Gasteiger partial charge in [0.05, 0.1) is 0 Å². The van der Waals surface area contributed by atoms with Gasteiger partial charge in [0.25, 0.3) is 0 Å². The van der Waals surface area contributed by atoms with Crippen LogP contribution in [0.4, 0.5) is 0 Å². The SMILES string of the molecule is C1=CCC=C1.Cl.[Ti]. The average Bonchev–Trinajstić information content (AvgIpc) is 1.76. The Morgan fingerprint density at radius 3 is 1.57 bits per heavy atom. The second kappa shape index (κ2) is 6.48. The molecule has 0 radical (unpaired) electrons. The molecule has 0 saturated carbocycles. The van der Waals surface area contributed by atoms with Gasteiger partial charge in [0, 0.05) is 21.7 Å². The first kappa shape index (κ1) is 10.5. The smallest absolute Gasteiger partial charge is 0 e. The zero-order valence-electron chi connectivity index (χ0n) is 3.92. The van der Waals surface area contributed by atoms with Crippen molar-refractivity contribution < 1.29 is 21.7 Å². The van der Waals surface area contributed by atoms with Gasteiger partial charge in [0.15, 0.2) is 0 Å². The van der Waals surface area contributed by atoms with Crippen LogP contribution in [-0.2, 0) is 21.7 Å². The third-order valence-corrected chi connectivity index (χ3v) is 0.655. The zero-order valence-corrected chi connectivity index (χ0v) is 6.30. The van der Waals surface area contributed by atoms with E-state index in [9.17, 15) is 0 Å². The standard InChI is InChI=1S/C5H6.ClH.Ti/c1-2-4-5-3-1;;/h1-4H,5H2;1H;. The second-order valence-electron chi connectivity index (χ2n) is 1.09. The average molecular weight is 150 g/mol. The third kappa shape index (κ3) is 4.34. The van der Waals surface area contributed by atoms with Crippen molar-refractivity contribution in [3.63, 3.8) is 0 Å². The number of hydrogen-bond acceptors (Lipinski definition) is 0. The van der Waals surface area contributed by atoms with Crippen LogP contribution in [0.3, 0.4) is 0 Å².